The van der Waals surface area contributed by atoms with Crippen LogP contribution >= 0.6 is 11.6 Å². The lowest BCUT2D eigenvalue weighted by molar-refractivity contribution is 0.0917. The van der Waals surface area contributed by atoms with Crippen LogP contribution in [-0.4, -0.2) is 25.3 Å². The molecule has 0 saturated heterocycles. The van der Waals surface area contributed by atoms with Crippen molar-refractivity contribution in [2.45, 2.75) is 19.1 Å². The second-order valence-electron chi connectivity index (χ2n) is 5.63. The Labute approximate surface area is 145 Å². The zero-order chi connectivity index (χ0) is 16.9. The summed E-state index contributed by atoms with van der Waals surface area (Å²) in [6.45, 7) is 2.69. The summed E-state index contributed by atoms with van der Waals surface area (Å²) in [5.41, 5.74) is 0.987. The highest BCUT2D eigenvalue weighted by Gasteiger charge is 2.21. The van der Waals surface area contributed by atoms with Crippen molar-refractivity contribution >= 4 is 17.6 Å². The molecule has 0 saturated carbocycles. The maximum absolute atomic E-state index is 12.0. The molecule has 2 aromatic carbocycles. The van der Waals surface area contributed by atoms with E-state index in [0.29, 0.717) is 23.9 Å². The Balaban J connectivity index is 1.47. The van der Waals surface area contributed by atoms with E-state index in [2.05, 4.69) is 10.6 Å². The lowest BCUT2D eigenvalue weighted by Crippen LogP contribution is -2.45. The Morgan fingerprint density at radius 2 is 1.92 bits per heavy atom. The number of hydrogen-bond acceptors (Lipinski definition) is 3. The topological polar surface area (TPSA) is 59.6 Å². The Morgan fingerprint density at radius 3 is 2.67 bits per heavy atom. The number of amides is 2. The van der Waals surface area contributed by atoms with Gasteiger partial charge < -0.3 is 20.1 Å². The van der Waals surface area contributed by atoms with Crippen LogP contribution in [0, 0.1) is 0 Å². The third-order valence-corrected chi connectivity index (χ3v) is 4.03. The Morgan fingerprint density at radius 1 is 1.21 bits per heavy atom. The molecule has 0 aromatic heterocycles. The molecule has 0 bridgehead atoms. The van der Waals surface area contributed by atoms with Crippen LogP contribution in [0.15, 0.2) is 48.5 Å². The van der Waals surface area contributed by atoms with Crippen molar-refractivity contribution in [2.75, 3.05) is 13.2 Å². The number of fused-ring (bicyclic) bond motifs is 1. The van der Waals surface area contributed by atoms with E-state index >= 15 is 0 Å². The van der Waals surface area contributed by atoms with E-state index in [1.54, 1.807) is 12.1 Å². The summed E-state index contributed by atoms with van der Waals surface area (Å²) < 4.78 is 11.4. The summed E-state index contributed by atoms with van der Waals surface area (Å²) in [5, 5.41) is 6.37. The average molecular weight is 347 g/mol. The predicted octanol–water partition coefficient (Wildman–Crippen LogP) is 3.54. The van der Waals surface area contributed by atoms with E-state index in [4.69, 9.17) is 21.1 Å². The van der Waals surface area contributed by atoms with Gasteiger partial charge in [0.05, 0.1) is 12.6 Å². The number of halogens is 1. The quantitative estimate of drug-likeness (QED) is 0.890. The average Bonchev–Trinajstić information content (AvgIpc) is 2.60. The third-order valence-electron chi connectivity index (χ3n) is 3.78. The van der Waals surface area contributed by atoms with Gasteiger partial charge in [0, 0.05) is 5.02 Å². The maximum atomic E-state index is 12.0. The van der Waals surface area contributed by atoms with Gasteiger partial charge in [-0.05, 0) is 36.8 Å². The molecule has 1 aliphatic heterocycles. The molecule has 2 atom stereocenters. The summed E-state index contributed by atoms with van der Waals surface area (Å²) in [6, 6.07) is 14.5. The van der Waals surface area contributed by atoms with Crippen molar-refractivity contribution in [2.24, 2.45) is 0 Å². The molecule has 0 aliphatic carbocycles. The zero-order valence-electron chi connectivity index (χ0n) is 13.3. The molecule has 1 aliphatic rings. The molecular formula is C18H19ClN2O3. The smallest absolute Gasteiger partial charge is 0.315 e. The van der Waals surface area contributed by atoms with Crippen molar-refractivity contribution in [3.05, 3.63) is 59.1 Å². The molecule has 0 fully saturated rings. The van der Waals surface area contributed by atoms with E-state index in [1.807, 2.05) is 43.3 Å². The van der Waals surface area contributed by atoms with Gasteiger partial charge in [-0.1, -0.05) is 35.9 Å². The van der Waals surface area contributed by atoms with Crippen molar-refractivity contribution < 1.29 is 14.3 Å². The molecule has 2 aromatic rings. The summed E-state index contributed by atoms with van der Waals surface area (Å²) in [4.78, 5) is 12.0. The molecule has 0 radical (unpaired) electrons. The van der Waals surface area contributed by atoms with E-state index in [-0.39, 0.29) is 18.2 Å². The van der Waals surface area contributed by atoms with E-state index in [0.717, 1.165) is 11.3 Å². The fourth-order valence-electron chi connectivity index (χ4n) is 2.45. The number of nitrogens with one attached hydrogen (secondary N) is 2. The first-order valence-corrected chi connectivity index (χ1v) is 8.18. The van der Waals surface area contributed by atoms with Gasteiger partial charge in [-0.2, -0.15) is 0 Å². The number of carbonyl (C=O) groups excluding carboxylic acids is 1. The number of ether oxygens (including phenoxy) is 2. The van der Waals surface area contributed by atoms with Crippen LogP contribution in [0.1, 0.15) is 18.5 Å². The number of benzene rings is 2. The number of para-hydroxylation sites is 2. The predicted molar refractivity (Wildman–Crippen MR) is 92.8 cm³/mol. The minimum Gasteiger partial charge on any atom is -0.486 e. The molecule has 1 heterocycles. The summed E-state index contributed by atoms with van der Waals surface area (Å²) in [7, 11) is 0. The van der Waals surface area contributed by atoms with Crippen LogP contribution in [0.4, 0.5) is 4.79 Å². The highest BCUT2D eigenvalue weighted by molar-refractivity contribution is 6.30. The second-order valence-corrected chi connectivity index (χ2v) is 6.06. The molecule has 0 spiro atoms. The molecule has 2 N–H and O–H groups in total. The number of rotatable bonds is 4. The Bertz CT molecular complexity index is 706. The van der Waals surface area contributed by atoms with Crippen LogP contribution in [0.3, 0.4) is 0 Å². The lowest BCUT2D eigenvalue weighted by atomic mass is 10.1. The van der Waals surface area contributed by atoms with Crippen molar-refractivity contribution in [1.82, 2.24) is 10.6 Å². The van der Waals surface area contributed by atoms with Gasteiger partial charge in [-0.3, -0.25) is 0 Å². The van der Waals surface area contributed by atoms with Crippen LogP contribution < -0.4 is 20.1 Å². The molecule has 6 heteroatoms. The number of urea groups is 1. The minimum atomic E-state index is -0.250. The van der Waals surface area contributed by atoms with E-state index in [1.165, 1.54) is 0 Å². The molecule has 3 rings (SSSR count). The first kappa shape index (κ1) is 16.5. The second kappa shape index (κ2) is 7.45. The van der Waals surface area contributed by atoms with Crippen molar-refractivity contribution in [1.29, 1.82) is 0 Å². The van der Waals surface area contributed by atoms with Crippen molar-refractivity contribution in [3.8, 4) is 11.5 Å². The van der Waals surface area contributed by atoms with Gasteiger partial charge in [-0.25, -0.2) is 4.79 Å². The van der Waals surface area contributed by atoms with Gasteiger partial charge in [0.15, 0.2) is 17.6 Å². The largest absolute Gasteiger partial charge is 0.486 e. The van der Waals surface area contributed by atoms with Gasteiger partial charge in [-0.15, -0.1) is 0 Å². The fourth-order valence-corrected chi connectivity index (χ4v) is 2.58. The molecule has 5 nitrogen and oxygen atoms in total. The van der Waals surface area contributed by atoms with Crippen LogP contribution in [-0.2, 0) is 0 Å². The highest BCUT2D eigenvalue weighted by Crippen LogP contribution is 2.30. The summed E-state index contributed by atoms with van der Waals surface area (Å²) in [6.07, 6.45) is -0.212. The highest BCUT2D eigenvalue weighted by atomic mass is 35.5. The first-order chi connectivity index (χ1) is 11.6. The minimum absolute atomic E-state index is 0.119. The molecule has 2 unspecified atom stereocenters. The van der Waals surface area contributed by atoms with E-state index in [9.17, 15) is 4.79 Å². The Kier molecular flexibility index (Phi) is 5.11. The number of carbonyl (C=O) groups is 1. The standard InChI is InChI=1S/C18H19ClN2O3/c1-12(13-6-8-14(19)9-7-13)21-18(22)20-10-15-11-23-16-4-2-3-5-17(16)24-15/h2-9,12,15H,10-11H2,1H3,(H2,20,21,22). The summed E-state index contributed by atoms with van der Waals surface area (Å²) in [5.74, 6) is 1.43. The maximum Gasteiger partial charge on any atom is 0.315 e. The van der Waals surface area contributed by atoms with Gasteiger partial charge in [0.25, 0.3) is 0 Å². The van der Waals surface area contributed by atoms with Gasteiger partial charge in [0.1, 0.15) is 6.61 Å². The zero-order valence-corrected chi connectivity index (χ0v) is 14.0. The van der Waals surface area contributed by atoms with Crippen LogP contribution in [0.5, 0.6) is 11.5 Å². The third kappa shape index (κ3) is 4.11. The van der Waals surface area contributed by atoms with Crippen LogP contribution in [0.2, 0.25) is 5.02 Å². The fraction of sp³-hybridized carbons (Fsp3) is 0.278. The van der Waals surface area contributed by atoms with Gasteiger partial charge >= 0.3 is 6.03 Å². The van der Waals surface area contributed by atoms with Crippen LogP contribution in [0.25, 0.3) is 0 Å². The van der Waals surface area contributed by atoms with E-state index < -0.39 is 0 Å². The molecule has 2 amide bonds. The molecular weight excluding hydrogens is 328 g/mol. The summed E-state index contributed by atoms with van der Waals surface area (Å²) >= 11 is 5.87. The molecule has 126 valence electrons. The van der Waals surface area contributed by atoms with Crippen molar-refractivity contribution in [3.63, 3.8) is 0 Å². The van der Waals surface area contributed by atoms with Gasteiger partial charge in [0.2, 0.25) is 0 Å². The lowest BCUT2D eigenvalue weighted by Gasteiger charge is -2.26. The molecule has 24 heavy (non-hydrogen) atoms. The SMILES string of the molecule is CC(NC(=O)NCC1COc2ccccc2O1)c1ccc(Cl)cc1. The number of hydrogen-bond donors (Lipinski definition) is 2. The first-order valence-electron chi connectivity index (χ1n) is 7.80. The Hall–Kier alpha value is -2.40. The monoisotopic (exact) mass is 346 g/mol. The normalized spacial score (nSPS) is 17.0.